The van der Waals surface area contributed by atoms with Crippen molar-refractivity contribution < 1.29 is 9.47 Å². The summed E-state index contributed by atoms with van der Waals surface area (Å²) in [5.74, 6) is 1.69. The zero-order valence-corrected chi connectivity index (χ0v) is 16.0. The number of aryl methyl sites for hydroxylation is 1. The van der Waals surface area contributed by atoms with Crippen LogP contribution in [0.25, 0.3) is 0 Å². The molecule has 0 spiro atoms. The van der Waals surface area contributed by atoms with Gasteiger partial charge in [0.1, 0.15) is 24.7 Å². The topological polar surface area (TPSA) is 30.5 Å². The lowest BCUT2D eigenvalue weighted by Crippen LogP contribution is -2.11. The van der Waals surface area contributed by atoms with Gasteiger partial charge in [0.25, 0.3) is 0 Å². The summed E-state index contributed by atoms with van der Waals surface area (Å²) in [7, 11) is 0. The van der Waals surface area contributed by atoms with Crippen LogP contribution < -0.4 is 14.8 Å². The Labute approximate surface area is 165 Å². The first-order valence-electron chi connectivity index (χ1n) is 9.20. The predicted octanol–water partition coefficient (Wildman–Crippen LogP) is 5.84. The number of hydrogen-bond donors (Lipinski definition) is 1. The summed E-state index contributed by atoms with van der Waals surface area (Å²) in [5.41, 5.74) is 2.18. The molecule has 0 saturated carbocycles. The van der Waals surface area contributed by atoms with Crippen LogP contribution in [0.5, 0.6) is 11.5 Å². The molecular weight excluding hydrogens is 358 g/mol. The molecule has 0 amide bonds. The predicted molar refractivity (Wildman–Crippen MR) is 112 cm³/mol. The molecule has 1 N–H and O–H groups in total. The lowest BCUT2D eigenvalue weighted by atomic mass is 10.1. The molecule has 0 saturated heterocycles. The molecule has 3 rings (SSSR count). The molecule has 0 atom stereocenters. The van der Waals surface area contributed by atoms with Crippen molar-refractivity contribution in [2.75, 3.05) is 25.1 Å². The molecule has 0 fully saturated rings. The zero-order valence-electron chi connectivity index (χ0n) is 15.2. The maximum absolute atomic E-state index is 6.21. The SMILES string of the molecule is Clc1ccccc1CCCNc1ccccc1OCCOc1ccccc1. The number of rotatable bonds is 10. The quantitative estimate of drug-likeness (QED) is 0.447. The highest BCUT2D eigenvalue weighted by Gasteiger charge is 2.04. The number of nitrogens with one attached hydrogen (secondary N) is 1. The molecule has 0 aliphatic heterocycles. The molecule has 0 unspecified atom stereocenters. The second-order valence-electron chi connectivity index (χ2n) is 6.13. The van der Waals surface area contributed by atoms with Crippen LogP contribution in [0.15, 0.2) is 78.9 Å². The highest BCUT2D eigenvalue weighted by atomic mass is 35.5. The average molecular weight is 382 g/mol. The molecule has 3 aromatic carbocycles. The van der Waals surface area contributed by atoms with Crippen molar-refractivity contribution in [3.8, 4) is 11.5 Å². The van der Waals surface area contributed by atoms with Gasteiger partial charge in [-0.3, -0.25) is 0 Å². The van der Waals surface area contributed by atoms with E-state index in [4.69, 9.17) is 21.1 Å². The molecular formula is C23H24ClNO2. The van der Waals surface area contributed by atoms with Gasteiger partial charge in [0, 0.05) is 11.6 Å². The van der Waals surface area contributed by atoms with Gasteiger partial charge >= 0.3 is 0 Å². The molecule has 0 radical (unpaired) electrons. The van der Waals surface area contributed by atoms with Crippen LogP contribution in [0.2, 0.25) is 5.02 Å². The number of anilines is 1. The molecule has 0 aliphatic carbocycles. The van der Waals surface area contributed by atoms with Crippen LogP contribution >= 0.6 is 11.6 Å². The Bertz CT molecular complexity index is 823. The Kier molecular flexibility index (Phi) is 7.43. The summed E-state index contributed by atoms with van der Waals surface area (Å²) in [5, 5.41) is 4.29. The third-order valence-electron chi connectivity index (χ3n) is 4.14. The standard InChI is InChI=1S/C23H24ClNO2/c24-21-13-5-4-9-19(21)10-8-16-25-22-14-6-7-15-23(22)27-18-17-26-20-11-2-1-3-12-20/h1-7,9,11-15,25H,8,10,16-18H2. The van der Waals surface area contributed by atoms with Gasteiger partial charge in [0.15, 0.2) is 0 Å². The first-order chi connectivity index (χ1) is 13.3. The molecule has 0 bridgehead atoms. The molecule has 0 heterocycles. The number of halogens is 1. The van der Waals surface area contributed by atoms with Crippen molar-refractivity contribution in [1.82, 2.24) is 0 Å². The van der Waals surface area contributed by atoms with E-state index in [9.17, 15) is 0 Å². The molecule has 0 aromatic heterocycles. The molecule has 4 heteroatoms. The van der Waals surface area contributed by atoms with Gasteiger partial charge in [0.2, 0.25) is 0 Å². The van der Waals surface area contributed by atoms with Crippen LogP contribution in [-0.4, -0.2) is 19.8 Å². The van der Waals surface area contributed by atoms with Gasteiger partial charge in [-0.15, -0.1) is 0 Å². The van der Waals surface area contributed by atoms with Gasteiger partial charge in [-0.25, -0.2) is 0 Å². The summed E-state index contributed by atoms with van der Waals surface area (Å²) < 4.78 is 11.6. The molecule has 3 aromatic rings. The Morgan fingerprint density at radius 3 is 2.30 bits per heavy atom. The Hall–Kier alpha value is -2.65. The highest BCUT2D eigenvalue weighted by molar-refractivity contribution is 6.31. The number of ether oxygens (including phenoxy) is 2. The smallest absolute Gasteiger partial charge is 0.142 e. The van der Waals surface area contributed by atoms with Crippen LogP contribution in [0, 0.1) is 0 Å². The van der Waals surface area contributed by atoms with Crippen LogP contribution in [-0.2, 0) is 6.42 Å². The third-order valence-corrected chi connectivity index (χ3v) is 4.50. The molecule has 27 heavy (non-hydrogen) atoms. The van der Waals surface area contributed by atoms with Crippen LogP contribution in [0.3, 0.4) is 0 Å². The van der Waals surface area contributed by atoms with Crippen molar-refractivity contribution >= 4 is 17.3 Å². The summed E-state index contributed by atoms with van der Waals surface area (Å²) in [4.78, 5) is 0. The Morgan fingerprint density at radius 1 is 0.741 bits per heavy atom. The fraction of sp³-hybridized carbons (Fsp3) is 0.217. The van der Waals surface area contributed by atoms with Crippen molar-refractivity contribution in [2.45, 2.75) is 12.8 Å². The summed E-state index contributed by atoms with van der Waals surface area (Å²) >= 11 is 6.21. The lowest BCUT2D eigenvalue weighted by molar-refractivity contribution is 0.218. The Balaban J connectivity index is 1.42. The first-order valence-corrected chi connectivity index (χ1v) is 9.58. The van der Waals surface area contributed by atoms with Crippen LogP contribution in [0.4, 0.5) is 5.69 Å². The molecule has 0 aliphatic rings. The van der Waals surface area contributed by atoms with Gasteiger partial charge in [-0.1, -0.05) is 60.1 Å². The fourth-order valence-electron chi connectivity index (χ4n) is 2.77. The second-order valence-corrected chi connectivity index (χ2v) is 6.54. The van der Waals surface area contributed by atoms with E-state index in [1.807, 2.05) is 72.8 Å². The van der Waals surface area contributed by atoms with Gasteiger partial charge < -0.3 is 14.8 Å². The maximum atomic E-state index is 6.21. The van der Waals surface area contributed by atoms with Crippen LogP contribution in [0.1, 0.15) is 12.0 Å². The van der Waals surface area contributed by atoms with E-state index >= 15 is 0 Å². The maximum Gasteiger partial charge on any atom is 0.142 e. The van der Waals surface area contributed by atoms with Crippen molar-refractivity contribution in [1.29, 1.82) is 0 Å². The first kappa shape index (κ1) is 19.1. The number of benzene rings is 3. The van der Waals surface area contributed by atoms with E-state index < -0.39 is 0 Å². The fourth-order valence-corrected chi connectivity index (χ4v) is 3.00. The van der Waals surface area contributed by atoms with Crippen molar-refractivity contribution in [2.24, 2.45) is 0 Å². The summed E-state index contributed by atoms with van der Waals surface area (Å²) in [6, 6.07) is 25.7. The van der Waals surface area contributed by atoms with E-state index in [0.717, 1.165) is 41.6 Å². The zero-order chi connectivity index (χ0) is 18.7. The van der Waals surface area contributed by atoms with E-state index in [0.29, 0.717) is 13.2 Å². The van der Waals surface area contributed by atoms with E-state index in [2.05, 4.69) is 11.4 Å². The van der Waals surface area contributed by atoms with E-state index in [1.54, 1.807) is 0 Å². The minimum atomic E-state index is 0.493. The Morgan fingerprint density at radius 2 is 1.44 bits per heavy atom. The second kappa shape index (κ2) is 10.5. The number of hydrogen-bond acceptors (Lipinski definition) is 3. The van der Waals surface area contributed by atoms with Crippen molar-refractivity contribution in [3.63, 3.8) is 0 Å². The minimum absolute atomic E-state index is 0.493. The highest BCUT2D eigenvalue weighted by Crippen LogP contribution is 2.24. The lowest BCUT2D eigenvalue weighted by Gasteiger charge is -2.14. The normalized spacial score (nSPS) is 10.4. The largest absolute Gasteiger partial charge is 0.490 e. The summed E-state index contributed by atoms with van der Waals surface area (Å²) in [6.07, 6.45) is 1.94. The monoisotopic (exact) mass is 381 g/mol. The van der Waals surface area contributed by atoms with Gasteiger partial charge in [-0.2, -0.15) is 0 Å². The summed E-state index contributed by atoms with van der Waals surface area (Å²) in [6.45, 7) is 1.85. The van der Waals surface area contributed by atoms with Gasteiger partial charge in [-0.05, 0) is 48.7 Å². The average Bonchev–Trinajstić information content (AvgIpc) is 2.71. The van der Waals surface area contributed by atoms with Crippen molar-refractivity contribution in [3.05, 3.63) is 89.4 Å². The number of para-hydroxylation sites is 3. The van der Waals surface area contributed by atoms with E-state index in [-0.39, 0.29) is 0 Å². The van der Waals surface area contributed by atoms with Gasteiger partial charge in [0.05, 0.1) is 5.69 Å². The molecule has 140 valence electrons. The van der Waals surface area contributed by atoms with E-state index in [1.165, 1.54) is 5.56 Å². The minimum Gasteiger partial charge on any atom is -0.490 e. The third kappa shape index (κ3) is 6.22. The molecule has 3 nitrogen and oxygen atoms in total.